The second-order valence-corrected chi connectivity index (χ2v) is 5.80. The van der Waals surface area contributed by atoms with E-state index in [0.29, 0.717) is 0 Å². The summed E-state index contributed by atoms with van der Waals surface area (Å²) in [5, 5.41) is 3.44. The third kappa shape index (κ3) is 3.34. The van der Waals surface area contributed by atoms with Gasteiger partial charge in [0.25, 0.3) is 0 Å². The minimum atomic E-state index is -0.197. The number of aryl methyl sites for hydroxylation is 1. The lowest BCUT2D eigenvalue weighted by molar-refractivity contribution is 0.236. The zero-order chi connectivity index (χ0) is 15.4. The van der Waals surface area contributed by atoms with Crippen LogP contribution in [-0.2, 0) is 0 Å². The Labute approximate surface area is 131 Å². The Hall–Kier alpha value is -1.78. The van der Waals surface area contributed by atoms with Crippen LogP contribution in [0.4, 0.5) is 4.39 Å². The molecule has 2 heterocycles. The molecule has 0 bridgehead atoms. The highest BCUT2D eigenvalue weighted by atomic mass is 19.1. The van der Waals surface area contributed by atoms with Gasteiger partial charge in [-0.2, -0.15) is 0 Å². The van der Waals surface area contributed by atoms with Gasteiger partial charge in [0.15, 0.2) is 0 Å². The fourth-order valence-corrected chi connectivity index (χ4v) is 3.10. The maximum absolute atomic E-state index is 13.3. The van der Waals surface area contributed by atoms with Crippen molar-refractivity contribution in [2.24, 2.45) is 0 Å². The molecule has 2 aromatic rings. The van der Waals surface area contributed by atoms with Gasteiger partial charge < -0.3 is 5.32 Å². The van der Waals surface area contributed by atoms with E-state index in [-0.39, 0.29) is 11.9 Å². The standard InChI is InChI=1S/C18H22FN3/c1-14-4-2-10-21-17(14)18(15-5-7-16(19)8-6-15)22-12-3-9-20-11-13-22/h2,4-8,10,18,20H,3,9,11-13H2,1H3. The van der Waals surface area contributed by atoms with Crippen LogP contribution in [0, 0.1) is 12.7 Å². The number of pyridine rings is 1. The molecule has 1 fully saturated rings. The molecule has 1 N–H and O–H groups in total. The molecule has 4 heteroatoms. The average molecular weight is 299 g/mol. The lowest BCUT2D eigenvalue weighted by Gasteiger charge is -2.31. The van der Waals surface area contributed by atoms with Crippen molar-refractivity contribution in [3.05, 3.63) is 65.2 Å². The third-order valence-corrected chi connectivity index (χ3v) is 4.23. The summed E-state index contributed by atoms with van der Waals surface area (Å²) < 4.78 is 13.3. The Morgan fingerprint density at radius 2 is 1.95 bits per heavy atom. The van der Waals surface area contributed by atoms with E-state index in [1.54, 1.807) is 0 Å². The van der Waals surface area contributed by atoms with Gasteiger partial charge in [0.1, 0.15) is 5.82 Å². The summed E-state index contributed by atoms with van der Waals surface area (Å²) in [4.78, 5) is 7.07. The van der Waals surface area contributed by atoms with Gasteiger partial charge in [0.05, 0.1) is 11.7 Å². The summed E-state index contributed by atoms with van der Waals surface area (Å²) in [6, 6.07) is 11.0. The van der Waals surface area contributed by atoms with Gasteiger partial charge in [0.2, 0.25) is 0 Å². The largest absolute Gasteiger partial charge is 0.315 e. The molecule has 1 aliphatic rings. The molecule has 0 amide bonds. The molecule has 22 heavy (non-hydrogen) atoms. The highest BCUT2D eigenvalue weighted by Gasteiger charge is 2.25. The lowest BCUT2D eigenvalue weighted by atomic mass is 9.98. The van der Waals surface area contributed by atoms with Gasteiger partial charge >= 0.3 is 0 Å². The van der Waals surface area contributed by atoms with Gasteiger partial charge in [-0.1, -0.05) is 18.2 Å². The molecule has 1 saturated heterocycles. The molecule has 1 aromatic heterocycles. The number of nitrogens with one attached hydrogen (secondary N) is 1. The van der Waals surface area contributed by atoms with Gasteiger partial charge in [0, 0.05) is 25.8 Å². The molecular formula is C18H22FN3. The van der Waals surface area contributed by atoms with Crippen molar-refractivity contribution in [1.29, 1.82) is 0 Å². The normalized spacial score (nSPS) is 17.9. The van der Waals surface area contributed by atoms with Crippen molar-refractivity contribution in [2.75, 3.05) is 26.2 Å². The second-order valence-electron chi connectivity index (χ2n) is 5.80. The highest BCUT2D eigenvalue weighted by molar-refractivity contribution is 5.32. The molecule has 1 aromatic carbocycles. The zero-order valence-corrected chi connectivity index (χ0v) is 12.9. The van der Waals surface area contributed by atoms with Crippen LogP contribution in [0.15, 0.2) is 42.6 Å². The molecule has 0 spiro atoms. The summed E-state index contributed by atoms with van der Waals surface area (Å²) in [5.41, 5.74) is 3.34. The molecule has 3 rings (SSSR count). The molecule has 3 nitrogen and oxygen atoms in total. The summed E-state index contributed by atoms with van der Waals surface area (Å²) in [6.45, 7) is 6.11. The molecule has 1 unspecified atom stereocenters. The average Bonchev–Trinajstić information content (AvgIpc) is 2.80. The van der Waals surface area contributed by atoms with Crippen LogP contribution in [0.2, 0.25) is 0 Å². The zero-order valence-electron chi connectivity index (χ0n) is 12.9. The van der Waals surface area contributed by atoms with E-state index < -0.39 is 0 Å². The molecule has 1 atom stereocenters. The van der Waals surface area contributed by atoms with Crippen LogP contribution in [-0.4, -0.2) is 36.1 Å². The molecule has 0 radical (unpaired) electrons. The van der Waals surface area contributed by atoms with Crippen molar-refractivity contribution in [3.63, 3.8) is 0 Å². The Kier molecular flexibility index (Phi) is 4.80. The van der Waals surface area contributed by atoms with E-state index in [9.17, 15) is 4.39 Å². The van der Waals surface area contributed by atoms with E-state index in [1.165, 1.54) is 17.7 Å². The van der Waals surface area contributed by atoms with E-state index in [2.05, 4.69) is 28.2 Å². The summed E-state index contributed by atoms with van der Waals surface area (Å²) in [5.74, 6) is -0.197. The maximum atomic E-state index is 13.3. The molecule has 1 aliphatic heterocycles. The number of benzene rings is 1. The van der Waals surface area contributed by atoms with E-state index in [4.69, 9.17) is 0 Å². The van der Waals surface area contributed by atoms with E-state index in [1.807, 2.05) is 24.4 Å². The monoisotopic (exact) mass is 299 g/mol. The topological polar surface area (TPSA) is 28.2 Å². The van der Waals surface area contributed by atoms with Gasteiger partial charge in [-0.15, -0.1) is 0 Å². The number of aromatic nitrogens is 1. The first-order valence-corrected chi connectivity index (χ1v) is 7.87. The predicted octanol–water partition coefficient (Wildman–Crippen LogP) is 2.91. The second kappa shape index (κ2) is 6.99. The Morgan fingerprint density at radius 1 is 1.14 bits per heavy atom. The number of hydrogen-bond donors (Lipinski definition) is 1. The third-order valence-electron chi connectivity index (χ3n) is 4.23. The highest BCUT2D eigenvalue weighted by Crippen LogP contribution is 2.29. The fourth-order valence-electron chi connectivity index (χ4n) is 3.10. The maximum Gasteiger partial charge on any atom is 0.123 e. The van der Waals surface area contributed by atoms with Crippen LogP contribution in [0.3, 0.4) is 0 Å². The molecule has 0 aliphatic carbocycles. The number of halogens is 1. The quantitative estimate of drug-likeness (QED) is 0.944. The van der Waals surface area contributed by atoms with Gasteiger partial charge in [-0.25, -0.2) is 4.39 Å². The van der Waals surface area contributed by atoms with Crippen LogP contribution < -0.4 is 5.32 Å². The van der Waals surface area contributed by atoms with Crippen LogP contribution in [0.25, 0.3) is 0 Å². The first-order valence-electron chi connectivity index (χ1n) is 7.87. The fraction of sp³-hybridized carbons (Fsp3) is 0.389. The van der Waals surface area contributed by atoms with Crippen LogP contribution >= 0.6 is 0 Å². The number of hydrogen-bond acceptors (Lipinski definition) is 3. The van der Waals surface area contributed by atoms with Crippen LogP contribution in [0.1, 0.15) is 29.3 Å². The first kappa shape index (κ1) is 15.1. The smallest absolute Gasteiger partial charge is 0.123 e. The molecule has 0 saturated carbocycles. The minimum Gasteiger partial charge on any atom is -0.315 e. The lowest BCUT2D eigenvalue weighted by Crippen LogP contribution is -2.33. The Bertz CT molecular complexity index is 604. The summed E-state index contributed by atoms with van der Waals surface area (Å²) in [7, 11) is 0. The van der Waals surface area contributed by atoms with Gasteiger partial charge in [-0.3, -0.25) is 9.88 Å². The Balaban J connectivity index is 2.01. The number of nitrogens with zero attached hydrogens (tertiary/aromatic N) is 2. The molecular weight excluding hydrogens is 277 g/mol. The van der Waals surface area contributed by atoms with E-state index in [0.717, 1.165) is 43.9 Å². The van der Waals surface area contributed by atoms with Crippen LogP contribution in [0.5, 0.6) is 0 Å². The predicted molar refractivity (Wildman–Crippen MR) is 86.3 cm³/mol. The van der Waals surface area contributed by atoms with Crippen molar-refractivity contribution < 1.29 is 4.39 Å². The summed E-state index contributed by atoms with van der Waals surface area (Å²) in [6.07, 6.45) is 2.96. The van der Waals surface area contributed by atoms with Crippen molar-refractivity contribution in [2.45, 2.75) is 19.4 Å². The number of rotatable bonds is 3. The SMILES string of the molecule is Cc1cccnc1C(c1ccc(F)cc1)N1CCCNCC1. The van der Waals surface area contributed by atoms with Crippen molar-refractivity contribution >= 4 is 0 Å². The molecule has 116 valence electrons. The minimum absolute atomic E-state index is 0.0849. The van der Waals surface area contributed by atoms with Gasteiger partial charge in [-0.05, 0) is 49.2 Å². The first-order chi connectivity index (χ1) is 10.8. The Morgan fingerprint density at radius 3 is 2.73 bits per heavy atom. The van der Waals surface area contributed by atoms with E-state index >= 15 is 0 Å². The van der Waals surface area contributed by atoms with Crippen molar-refractivity contribution in [3.8, 4) is 0 Å². The van der Waals surface area contributed by atoms with Crippen molar-refractivity contribution in [1.82, 2.24) is 15.2 Å². The summed E-state index contributed by atoms with van der Waals surface area (Å²) >= 11 is 0.